The molecule has 6 rings (SSSR count). The van der Waals surface area contributed by atoms with Crippen LogP contribution in [0.4, 0.5) is 14.7 Å². The number of likely N-dealkylation sites (tertiary alicyclic amines) is 1. The minimum absolute atomic E-state index is 0.0507. The normalized spacial score (nSPS) is 20.5. The van der Waals surface area contributed by atoms with E-state index in [0.717, 1.165) is 6.54 Å². The van der Waals surface area contributed by atoms with Crippen LogP contribution < -0.4 is 15.4 Å². The molecular weight excluding hydrogens is 510 g/mol. The number of alkyl halides is 1. The molecule has 0 radical (unpaired) electrons. The van der Waals surface area contributed by atoms with Crippen molar-refractivity contribution in [3.63, 3.8) is 0 Å². The highest BCUT2D eigenvalue weighted by Crippen LogP contribution is 2.35. The van der Waals surface area contributed by atoms with E-state index in [0.29, 0.717) is 48.3 Å². The lowest BCUT2D eigenvalue weighted by Gasteiger charge is -2.42. The largest absolute Gasteiger partial charge is 0.479 e. The second-order valence-electron chi connectivity index (χ2n) is 10.3. The number of fused-ring (bicyclic) bond motifs is 2. The Hall–Kier alpha value is -3.84. The first-order chi connectivity index (χ1) is 18.8. The number of aromatic nitrogens is 5. The third kappa shape index (κ3) is 4.65. The van der Waals surface area contributed by atoms with E-state index in [9.17, 15) is 4.79 Å². The summed E-state index contributed by atoms with van der Waals surface area (Å²) in [6, 6.07) is 3.14. The highest BCUT2D eigenvalue weighted by Gasteiger charge is 2.36. The maximum absolute atomic E-state index is 15.4. The molecule has 11 nitrogen and oxygen atoms in total. The van der Waals surface area contributed by atoms with Gasteiger partial charge in [0.2, 0.25) is 11.8 Å². The van der Waals surface area contributed by atoms with E-state index in [1.54, 1.807) is 22.8 Å². The SMILES string of the molecule is COc1nc(N[C@@H]2CCN(C3COC3)C[C@H]2F)nn2cc(F)c(-c3ccn4ncc(C(=O)NC(C)C)c4c3)c12. The zero-order valence-corrected chi connectivity index (χ0v) is 21.9. The average Bonchev–Trinajstić information content (AvgIpc) is 3.43. The molecule has 2 fully saturated rings. The van der Waals surface area contributed by atoms with Crippen LogP contribution in [0.3, 0.4) is 0 Å². The van der Waals surface area contributed by atoms with E-state index in [1.165, 1.54) is 24.0 Å². The van der Waals surface area contributed by atoms with E-state index < -0.39 is 18.0 Å². The quantitative estimate of drug-likeness (QED) is 0.368. The van der Waals surface area contributed by atoms with Crippen molar-refractivity contribution in [2.45, 2.75) is 44.6 Å². The molecule has 4 aromatic heterocycles. The van der Waals surface area contributed by atoms with Gasteiger partial charge in [-0.25, -0.2) is 17.8 Å². The molecule has 1 amide bonds. The summed E-state index contributed by atoms with van der Waals surface area (Å²) in [4.78, 5) is 19.2. The molecule has 2 N–H and O–H groups in total. The summed E-state index contributed by atoms with van der Waals surface area (Å²) in [7, 11) is 1.44. The fraction of sp³-hybridized carbons (Fsp3) is 0.462. The molecule has 0 unspecified atom stereocenters. The van der Waals surface area contributed by atoms with E-state index >= 15 is 8.78 Å². The number of piperidine rings is 1. The van der Waals surface area contributed by atoms with Crippen molar-refractivity contribution in [3.05, 3.63) is 42.1 Å². The third-order valence-corrected chi connectivity index (χ3v) is 7.24. The maximum Gasteiger partial charge on any atom is 0.255 e. The number of nitrogens with one attached hydrogen (secondary N) is 2. The van der Waals surface area contributed by atoms with Crippen molar-refractivity contribution in [1.82, 2.24) is 34.4 Å². The minimum Gasteiger partial charge on any atom is -0.479 e. The van der Waals surface area contributed by atoms with Crippen molar-refractivity contribution in [1.29, 1.82) is 0 Å². The fourth-order valence-electron chi connectivity index (χ4n) is 5.17. The van der Waals surface area contributed by atoms with Crippen molar-refractivity contribution in [2.75, 3.05) is 38.7 Å². The molecule has 206 valence electrons. The summed E-state index contributed by atoms with van der Waals surface area (Å²) >= 11 is 0. The summed E-state index contributed by atoms with van der Waals surface area (Å²) in [5, 5.41) is 14.6. The number of methoxy groups -OCH3 is 1. The molecule has 4 aromatic rings. The number of rotatable bonds is 7. The molecule has 2 saturated heterocycles. The van der Waals surface area contributed by atoms with Gasteiger partial charge in [-0.2, -0.15) is 10.1 Å². The number of anilines is 1. The zero-order chi connectivity index (χ0) is 27.3. The molecule has 0 spiro atoms. The monoisotopic (exact) mass is 540 g/mol. The summed E-state index contributed by atoms with van der Waals surface area (Å²) in [5.41, 5.74) is 1.93. The van der Waals surface area contributed by atoms with Crippen LogP contribution in [0.1, 0.15) is 30.6 Å². The van der Waals surface area contributed by atoms with Gasteiger partial charge < -0.3 is 20.1 Å². The highest BCUT2D eigenvalue weighted by atomic mass is 19.1. The van der Waals surface area contributed by atoms with Crippen molar-refractivity contribution in [3.8, 4) is 17.0 Å². The number of ether oxygens (including phenoxy) is 2. The highest BCUT2D eigenvalue weighted by molar-refractivity contribution is 6.01. The minimum atomic E-state index is -1.12. The van der Waals surface area contributed by atoms with Crippen LogP contribution in [0.2, 0.25) is 0 Å². The molecule has 13 heteroatoms. The number of hydrogen-bond acceptors (Lipinski definition) is 8. The van der Waals surface area contributed by atoms with Gasteiger partial charge in [-0.1, -0.05) is 0 Å². The summed E-state index contributed by atoms with van der Waals surface area (Å²) < 4.78 is 44.1. The van der Waals surface area contributed by atoms with Gasteiger partial charge in [0.05, 0.1) is 61.4 Å². The second-order valence-corrected chi connectivity index (χ2v) is 10.3. The molecule has 2 aliphatic rings. The van der Waals surface area contributed by atoms with Crippen molar-refractivity contribution >= 4 is 22.9 Å². The van der Waals surface area contributed by atoms with Gasteiger partial charge in [-0.15, -0.1) is 5.10 Å². The predicted molar refractivity (Wildman–Crippen MR) is 139 cm³/mol. The van der Waals surface area contributed by atoms with Crippen LogP contribution >= 0.6 is 0 Å². The lowest BCUT2D eigenvalue weighted by Crippen LogP contribution is -2.57. The van der Waals surface area contributed by atoms with Gasteiger partial charge in [0.1, 0.15) is 11.7 Å². The Labute approximate surface area is 223 Å². The Morgan fingerprint density at radius 2 is 2.10 bits per heavy atom. The van der Waals surface area contributed by atoms with Crippen LogP contribution in [0.5, 0.6) is 5.88 Å². The molecule has 0 saturated carbocycles. The van der Waals surface area contributed by atoms with Crippen molar-refractivity contribution in [2.24, 2.45) is 0 Å². The molecule has 6 heterocycles. The number of hydrogen-bond donors (Lipinski definition) is 2. The number of amides is 1. The third-order valence-electron chi connectivity index (χ3n) is 7.24. The number of halogens is 2. The molecular formula is C26H30F2N8O3. The Bertz CT molecular complexity index is 1530. The lowest BCUT2D eigenvalue weighted by molar-refractivity contribution is -0.0794. The van der Waals surface area contributed by atoms with Crippen LogP contribution in [0, 0.1) is 5.82 Å². The van der Waals surface area contributed by atoms with Gasteiger partial charge in [0, 0.05) is 25.3 Å². The van der Waals surface area contributed by atoms with E-state index in [1.807, 2.05) is 13.8 Å². The van der Waals surface area contributed by atoms with Gasteiger partial charge in [-0.3, -0.25) is 9.69 Å². The molecule has 39 heavy (non-hydrogen) atoms. The van der Waals surface area contributed by atoms with Crippen LogP contribution in [-0.4, -0.2) is 92.7 Å². The van der Waals surface area contributed by atoms with Crippen molar-refractivity contribution < 1.29 is 23.0 Å². The van der Waals surface area contributed by atoms with Gasteiger partial charge in [0.15, 0.2) is 5.82 Å². The first-order valence-electron chi connectivity index (χ1n) is 13.0. The zero-order valence-electron chi connectivity index (χ0n) is 21.9. The average molecular weight is 541 g/mol. The molecule has 2 aliphatic heterocycles. The number of nitrogens with zero attached hydrogens (tertiary/aromatic N) is 6. The lowest BCUT2D eigenvalue weighted by atomic mass is 10.0. The Morgan fingerprint density at radius 3 is 2.79 bits per heavy atom. The van der Waals surface area contributed by atoms with Gasteiger partial charge >= 0.3 is 0 Å². The smallest absolute Gasteiger partial charge is 0.255 e. The van der Waals surface area contributed by atoms with E-state index in [4.69, 9.17) is 9.47 Å². The summed E-state index contributed by atoms with van der Waals surface area (Å²) in [6.07, 6.45) is 3.83. The molecule has 0 aromatic carbocycles. The van der Waals surface area contributed by atoms with E-state index in [2.05, 4.69) is 30.7 Å². The number of pyridine rings is 1. The molecule has 2 atom stereocenters. The topological polar surface area (TPSA) is 110 Å². The molecule has 0 aliphatic carbocycles. The van der Waals surface area contributed by atoms with Gasteiger partial charge in [0.25, 0.3) is 5.91 Å². The fourth-order valence-corrected chi connectivity index (χ4v) is 5.17. The summed E-state index contributed by atoms with van der Waals surface area (Å²) in [5.74, 6) is -0.532. The van der Waals surface area contributed by atoms with Gasteiger partial charge in [-0.05, 0) is 38.0 Å². The van der Waals surface area contributed by atoms with E-state index in [-0.39, 0.29) is 35.4 Å². The predicted octanol–water partition coefficient (Wildman–Crippen LogP) is 2.55. The first kappa shape index (κ1) is 25.4. The van der Waals surface area contributed by atoms with Crippen LogP contribution in [-0.2, 0) is 4.74 Å². The first-order valence-corrected chi connectivity index (χ1v) is 13.0. The number of carbonyl (C=O) groups excluding carboxylic acids is 1. The summed E-state index contributed by atoms with van der Waals surface area (Å²) in [6.45, 7) is 6.07. The standard InChI is InChI=1S/C26H30F2N8O3/c1-14(2)30-24(37)17-9-29-35-7-4-15(8-21(17)35)22-19(28)11-36-23(22)25(38-3)32-26(33-36)31-20-5-6-34(10-18(20)27)16-12-39-13-16/h4,7-9,11,14,16,18,20H,5-6,10,12-13H2,1-3H3,(H,30,37)(H,31,33)/t18-,20-/m1/s1. The Balaban J connectivity index is 1.32. The number of carbonyl (C=O) groups is 1. The Morgan fingerprint density at radius 1 is 1.28 bits per heavy atom. The van der Waals surface area contributed by atoms with Crippen LogP contribution in [0.15, 0.2) is 30.7 Å². The molecule has 0 bridgehead atoms. The second kappa shape index (κ2) is 10.0. The Kier molecular flexibility index (Phi) is 6.55. The maximum atomic E-state index is 15.4. The van der Waals surface area contributed by atoms with Crippen LogP contribution in [0.25, 0.3) is 22.2 Å².